The van der Waals surface area contributed by atoms with Crippen molar-refractivity contribution in [1.29, 1.82) is 0 Å². The maximum atomic E-state index is 4.23. The second-order valence-electron chi connectivity index (χ2n) is 9.03. The predicted octanol–water partition coefficient (Wildman–Crippen LogP) is 6.46. The molecule has 0 amide bonds. The minimum absolute atomic E-state index is 0.000258. The quantitative estimate of drug-likeness (QED) is 0.610. The molecule has 1 nitrogen and oxygen atoms in total. The highest BCUT2D eigenvalue weighted by Gasteiger charge is 2.65. The molecule has 27 heavy (non-hydrogen) atoms. The molecule has 1 heteroatoms. The van der Waals surface area contributed by atoms with Crippen LogP contribution < -0.4 is 5.32 Å². The fourth-order valence-corrected chi connectivity index (χ4v) is 6.36. The van der Waals surface area contributed by atoms with Gasteiger partial charge in [-0.05, 0) is 53.3 Å². The molecule has 0 bridgehead atoms. The standard InChI is InChI=1S/C26H29N/c1-7-19-15(4)23-20-18(22-24(27-23)26(22,8-2)9-3)14-16-12-10-11-13-17(16)21(20)25(19,5)6/h7-8,10-14,22,24,27H,2,9H2,1,3-6H3/b19-7+. The monoisotopic (exact) mass is 355 g/mol. The van der Waals surface area contributed by atoms with Crippen molar-refractivity contribution >= 4 is 16.5 Å². The average Bonchev–Trinajstić information content (AvgIpc) is 3.33. The van der Waals surface area contributed by atoms with E-state index in [4.69, 9.17) is 0 Å². The summed E-state index contributed by atoms with van der Waals surface area (Å²) in [5.41, 5.74) is 8.89. The van der Waals surface area contributed by atoms with Crippen LogP contribution in [0.2, 0.25) is 0 Å². The Morgan fingerprint density at radius 1 is 1.22 bits per heavy atom. The van der Waals surface area contributed by atoms with E-state index < -0.39 is 0 Å². The Hall–Kier alpha value is -2.28. The van der Waals surface area contributed by atoms with Gasteiger partial charge in [0.25, 0.3) is 0 Å². The first-order valence-corrected chi connectivity index (χ1v) is 10.3. The summed E-state index contributed by atoms with van der Waals surface area (Å²) in [6.07, 6.45) is 5.66. The summed E-state index contributed by atoms with van der Waals surface area (Å²) in [5, 5.41) is 6.73. The molecule has 1 N–H and O–H groups in total. The summed E-state index contributed by atoms with van der Waals surface area (Å²) in [6, 6.07) is 11.9. The minimum atomic E-state index is -0.000258. The molecule has 0 saturated heterocycles. The topological polar surface area (TPSA) is 12.0 Å². The highest BCUT2D eigenvalue weighted by atomic mass is 15.1. The Balaban J connectivity index is 1.95. The molecule has 1 fully saturated rings. The number of hydrogen-bond acceptors (Lipinski definition) is 1. The molecule has 5 rings (SSSR count). The molecule has 0 spiro atoms. The molecule has 3 aliphatic rings. The van der Waals surface area contributed by atoms with E-state index in [-0.39, 0.29) is 10.8 Å². The SMILES string of the molecule is C=CC1(CC)C2NC3=C(C)/C(=C\C)C(C)(C)c4c3c(cc3ccccc43)C21. The summed E-state index contributed by atoms with van der Waals surface area (Å²) < 4.78 is 0. The van der Waals surface area contributed by atoms with Gasteiger partial charge in [-0.1, -0.05) is 63.3 Å². The Kier molecular flexibility index (Phi) is 3.22. The van der Waals surface area contributed by atoms with Crippen molar-refractivity contribution < 1.29 is 0 Å². The molecule has 2 aliphatic carbocycles. The van der Waals surface area contributed by atoms with Gasteiger partial charge in [-0.25, -0.2) is 0 Å². The van der Waals surface area contributed by atoms with Gasteiger partial charge in [-0.2, -0.15) is 0 Å². The summed E-state index contributed by atoms with van der Waals surface area (Å²) in [7, 11) is 0. The Morgan fingerprint density at radius 3 is 2.63 bits per heavy atom. The van der Waals surface area contributed by atoms with Gasteiger partial charge in [-0.3, -0.25) is 0 Å². The van der Waals surface area contributed by atoms with Crippen molar-refractivity contribution in [3.63, 3.8) is 0 Å². The number of hydrogen-bond donors (Lipinski definition) is 1. The van der Waals surface area contributed by atoms with E-state index in [0.717, 1.165) is 6.42 Å². The highest BCUT2D eigenvalue weighted by molar-refractivity contribution is 5.97. The third kappa shape index (κ3) is 1.81. The van der Waals surface area contributed by atoms with E-state index in [1.807, 2.05) is 0 Å². The minimum Gasteiger partial charge on any atom is -0.380 e. The van der Waals surface area contributed by atoms with E-state index in [0.29, 0.717) is 12.0 Å². The van der Waals surface area contributed by atoms with Crippen LogP contribution in [0.5, 0.6) is 0 Å². The van der Waals surface area contributed by atoms with E-state index >= 15 is 0 Å². The fraction of sp³-hybridized carbons (Fsp3) is 0.385. The zero-order chi connectivity index (χ0) is 19.1. The van der Waals surface area contributed by atoms with Crippen LogP contribution in [-0.4, -0.2) is 6.04 Å². The lowest BCUT2D eigenvalue weighted by atomic mass is 9.65. The third-order valence-corrected chi connectivity index (χ3v) is 7.71. The van der Waals surface area contributed by atoms with E-state index in [9.17, 15) is 0 Å². The predicted molar refractivity (Wildman–Crippen MR) is 116 cm³/mol. The van der Waals surface area contributed by atoms with Gasteiger partial charge in [0.15, 0.2) is 0 Å². The lowest BCUT2D eigenvalue weighted by Gasteiger charge is -2.41. The van der Waals surface area contributed by atoms with Crippen molar-refractivity contribution in [2.75, 3.05) is 0 Å². The number of benzene rings is 2. The van der Waals surface area contributed by atoms with Crippen LogP contribution >= 0.6 is 0 Å². The molecule has 138 valence electrons. The van der Waals surface area contributed by atoms with Crippen LogP contribution in [0.25, 0.3) is 16.5 Å². The molecule has 3 unspecified atom stereocenters. The van der Waals surface area contributed by atoms with Crippen LogP contribution in [0.1, 0.15) is 63.6 Å². The third-order valence-electron chi connectivity index (χ3n) is 7.71. The number of allylic oxidation sites excluding steroid dienone is 3. The number of nitrogens with one attached hydrogen (secondary N) is 1. The smallest absolute Gasteiger partial charge is 0.0455 e. The first-order valence-electron chi connectivity index (χ1n) is 10.3. The fourth-order valence-electron chi connectivity index (χ4n) is 6.36. The van der Waals surface area contributed by atoms with Crippen LogP contribution in [0.15, 0.2) is 60.2 Å². The van der Waals surface area contributed by atoms with Crippen LogP contribution in [-0.2, 0) is 5.41 Å². The average molecular weight is 356 g/mol. The van der Waals surface area contributed by atoms with E-state index in [2.05, 4.69) is 89.0 Å². The largest absolute Gasteiger partial charge is 0.380 e. The van der Waals surface area contributed by atoms with Gasteiger partial charge >= 0.3 is 0 Å². The first-order chi connectivity index (χ1) is 12.9. The maximum Gasteiger partial charge on any atom is 0.0455 e. The van der Waals surface area contributed by atoms with Gasteiger partial charge in [0.05, 0.1) is 0 Å². The molecule has 2 aromatic carbocycles. The number of fused-ring (bicyclic) bond motifs is 4. The molecule has 1 aliphatic heterocycles. The van der Waals surface area contributed by atoms with E-state index in [1.54, 1.807) is 0 Å². The van der Waals surface area contributed by atoms with Crippen molar-refractivity contribution in [1.82, 2.24) is 5.32 Å². The van der Waals surface area contributed by atoms with Crippen LogP contribution in [0, 0.1) is 5.41 Å². The van der Waals surface area contributed by atoms with Crippen LogP contribution in [0.3, 0.4) is 0 Å². The van der Waals surface area contributed by atoms with Gasteiger partial charge in [0.2, 0.25) is 0 Å². The highest BCUT2D eigenvalue weighted by Crippen LogP contribution is 2.68. The second-order valence-corrected chi connectivity index (χ2v) is 9.03. The lowest BCUT2D eigenvalue weighted by Crippen LogP contribution is -2.35. The Morgan fingerprint density at radius 2 is 1.96 bits per heavy atom. The summed E-state index contributed by atoms with van der Waals surface area (Å²) >= 11 is 0. The summed E-state index contributed by atoms with van der Waals surface area (Å²) in [4.78, 5) is 0. The molecule has 1 saturated carbocycles. The van der Waals surface area contributed by atoms with Crippen molar-refractivity contribution in [3.05, 3.63) is 76.9 Å². The molecule has 0 radical (unpaired) electrons. The Labute approximate surface area is 162 Å². The molecular weight excluding hydrogens is 326 g/mol. The Bertz CT molecular complexity index is 1070. The molecule has 2 aromatic rings. The lowest BCUT2D eigenvalue weighted by molar-refractivity contribution is 0.567. The maximum absolute atomic E-state index is 4.23. The van der Waals surface area contributed by atoms with Crippen molar-refractivity contribution in [3.8, 4) is 0 Å². The zero-order valence-electron chi connectivity index (χ0n) is 17.1. The molecular formula is C26H29N. The van der Waals surface area contributed by atoms with Gasteiger partial charge in [-0.15, -0.1) is 6.58 Å². The van der Waals surface area contributed by atoms with Gasteiger partial charge in [0, 0.05) is 34.1 Å². The first kappa shape index (κ1) is 16.9. The zero-order valence-corrected chi connectivity index (χ0v) is 17.1. The molecule has 3 atom stereocenters. The summed E-state index contributed by atoms with van der Waals surface area (Å²) in [6.45, 7) is 15.8. The second kappa shape index (κ2) is 5.16. The number of rotatable bonds is 2. The molecule has 0 aromatic heterocycles. The summed E-state index contributed by atoms with van der Waals surface area (Å²) in [5.74, 6) is 0.540. The van der Waals surface area contributed by atoms with Crippen LogP contribution in [0.4, 0.5) is 0 Å². The van der Waals surface area contributed by atoms with Crippen molar-refractivity contribution in [2.45, 2.75) is 58.4 Å². The van der Waals surface area contributed by atoms with Crippen molar-refractivity contribution in [2.24, 2.45) is 5.41 Å². The molecule has 1 heterocycles. The normalized spacial score (nSPS) is 31.4. The van der Waals surface area contributed by atoms with Gasteiger partial charge < -0.3 is 5.32 Å². The van der Waals surface area contributed by atoms with Gasteiger partial charge in [0.1, 0.15) is 0 Å². The van der Waals surface area contributed by atoms with E-state index in [1.165, 1.54) is 44.3 Å².